The number of hydrogen-bond donors (Lipinski definition) is 0. The molecule has 0 saturated carbocycles. The van der Waals surface area contributed by atoms with Gasteiger partial charge in [0.05, 0.1) is 6.54 Å². The maximum atomic E-state index is 6.42. The maximum absolute atomic E-state index is 6.42. The topological polar surface area (TPSA) is 38.6 Å². The summed E-state index contributed by atoms with van der Waals surface area (Å²) in [6.45, 7) is 8.66. The third-order valence-electron chi connectivity index (χ3n) is 10.8. The van der Waals surface area contributed by atoms with Gasteiger partial charge in [-0.2, -0.15) is 0 Å². The summed E-state index contributed by atoms with van der Waals surface area (Å²) in [5.74, 6) is 0. The summed E-state index contributed by atoms with van der Waals surface area (Å²) in [5, 5.41) is 8.17. The van der Waals surface area contributed by atoms with E-state index in [0.717, 1.165) is 71.0 Å². The van der Waals surface area contributed by atoms with Gasteiger partial charge in [0.1, 0.15) is 22.3 Å². The number of aliphatic imine (C=N–C) groups is 1. The molecular weight excluding hydrogens is 711 g/mol. The van der Waals surface area contributed by atoms with Crippen LogP contribution in [0.5, 0.6) is 0 Å². The van der Waals surface area contributed by atoms with Crippen molar-refractivity contribution in [1.29, 1.82) is 0 Å². The van der Waals surface area contributed by atoms with E-state index in [0.29, 0.717) is 6.54 Å². The zero-order valence-electron chi connectivity index (χ0n) is 29.6. The largest absolute Gasteiger partial charge is 0.456 e. The highest BCUT2D eigenvalue weighted by Gasteiger charge is 2.19. The van der Waals surface area contributed by atoms with Crippen LogP contribution in [0.4, 0.5) is 0 Å². The van der Waals surface area contributed by atoms with Crippen LogP contribution in [0.25, 0.3) is 109 Å². The van der Waals surface area contributed by atoms with Crippen LogP contribution < -0.4 is 0 Å². The van der Waals surface area contributed by atoms with Gasteiger partial charge in [-0.1, -0.05) is 116 Å². The number of rotatable bonds is 7. The summed E-state index contributed by atoms with van der Waals surface area (Å²) >= 11 is 3.63. The maximum Gasteiger partial charge on any atom is 0.136 e. The molecule has 0 radical (unpaired) electrons. The molecule has 0 fully saturated rings. The van der Waals surface area contributed by atoms with Gasteiger partial charge in [-0.15, -0.1) is 22.7 Å². The van der Waals surface area contributed by atoms with E-state index in [1.807, 2.05) is 60.0 Å². The first-order valence-corrected chi connectivity index (χ1v) is 19.9. The van der Waals surface area contributed by atoms with Gasteiger partial charge in [-0.25, -0.2) is 0 Å². The van der Waals surface area contributed by atoms with Crippen molar-refractivity contribution in [1.82, 2.24) is 0 Å². The highest BCUT2D eigenvalue weighted by molar-refractivity contribution is 7.26. The third kappa shape index (κ3) is 5.05. The summed E-state index contributed by atoms with van der Waals surface area (Å²) in [6, 6.07) is 47.5. The predicted octanol–water partition coefficient (Wildman–Crippen LogP) is 15.3. The third-order valence-corrected chi connectivity index (χ3v) is 13.1. The first kappa shape index (κ1) is 31.9. The van der Waals surface area contributed by atoms with Crippen molar-refractivity contribution in [2.24, 2.45) is 4.99 Å². The van der Waals surface area contributed by atoms with E-state index in [1.165, 1.54) is 46.9 Å². The lowest BCUT2D eigenvalue weighted by molar-refractivity contribution is 0.668. The molecule has 0 aliphatic carbocycles. The average Bonchev–Trinajstić information content (AvgIpc) is 3.99. The van der Waals surface area contributed by atoms with Crippen LogP contribution in [0.1, 0.15) is 21.6 Å². The molecule has 11 rings (SSSR count). The Bertz CT molecular complexity index is 3400. The van der Waals surface area contributed by atoms with Crippen LogP contribution in [0.2, 0.25) is 0 Å². The Morgan fingerprint density at radius 3 is 2.18 bits per heavy atom. The van der Waals surface area contributed by atoms with Gasteiger partial charge in [0.15, 0.2) is 0 Å². The fourth-order valence-electron chi connectivity index (χ4n) is 8.21. The van der Waals surface area contributed by atoms with E-state index in [1.54, 1.807) is 11.3 Å². The SMILES string of the molecule is C=Cc1sc2cc(-c3ccc(-c4ccc5oc6cccc(C=NCc7ccc8c(c7)oc7ccccc78)c6c5c4)c4c3sc3ccccc34)ccc2c1C=C. The Morgan fingerprint density at radius 1 is 0.527 bits per heavy atom. The van der Waals surface area contributed by atoms with Crippen molar-refractivity contribution in [3.05, 3.63) is 168 Å². The molecular formula is C50H31NO2S2. The predicted molar refractivity (Wildman–Crippen MR) is 238 cm³/mol. The molecule has 55 heavy (non-hydrogen) atoms. The normalized spacial score (nSPS) is 12.1. The summed E-state index contributed by atoms with van der Waals surface area (Å²) in [4.78, 5) is 6.07. The van der Waals surface area contributed by atoms with E-state index in [-0.39, 0.29) is 0 Å². The van der Waals surface area contributed by atoms with Crippen LogP contribution in [0, 0.1) is 0 Å². The Hall–Kier alpha value is -6.53. The van der Waals surface area contributed by atoms with E-state index in [9.17, 15) is 0 Å². The second kappa shape index (κ2) is 12.5. The molecule has 4 aromatic heterocycles. The minimum Gasteiger partial charge on any atom is -0.456 e. The highest BCUT2D eigenvalue weighted by Crippen LogP contribution is 2.47. The molecule has 0 saturated heterocycles. The Labute approximate surface area is 324 Å². The molecule has 0 bridgehead atoms. The molecule has 0 spiro atoms. The van der Waals surface area contributed by atoms with Crippen LogP contribution >= 0.6 is 22.7 Å². The van der Waals surface area contributed by atoms with Gasteiger partial charge in [0.2, 0.25) is 0 Å². The first-order chi connectivity index (χ1) is 27.1. The number of thiophene rings is 2. The number of nitrogens with zero attached hydrogens (tertiary/aromatic N) is 1. The second-order valence-electron chi connectivity index (χ2n) is 13.9. The monoisotopic (exact) mass is 741 g/mol. The number of fused-ring (bicyclic) bond motifs is 10. The Kier molecular flexibility index (Phi) is 7.28. The molecule has 7 aromatic carbocycles. The van der Waals surface area contributed by atoms with E-state index in [2.05, 4.69) is 116 Å². The quantitative estimate of drug-likeness (QED) is 0.153. The molecule has 0 N–H and O–H groups in total. The number of furan rings is 2. The van der Waals surface area contributed by atoms with Crippen LogP contribution in [0.3, 0.4) is 0 Å². The summed E-state index contributed by atoms with van der Waals surface area (Å²) in [7, 11) is 0. The van der Waals surface area contributed by atoms with Crippen molar-refractivity contribution in [3.63, 3.8) is 0 Å². The summed E-state index contributed by atoms with van der Waals surface area (Å²) in [5.41, 5.74) is 11.6. The Balaban J connectivity index is 1.01. The number of hydrogen-bond acceptors (Lipinski definition) is 5. The van der Waals surface area contributed by atoms with Crippen LogP contribution in [-0.2, 0) is 6.54 Å². The lowest BCUT2D eigenvalue weighted by atomic mass is 9.93. The van der Waals surface area contributed by atoms with Crippen molar-refractivity contribution in [3.8, 4) is 22.3 Å². The molecule has 3 nitrogen and oxygen atoms in total. The lowest BCUT2D eigenvalue weighted by Crippen LogP contribution is -1.87. The average molecular weight is 742 g/mol. The molecule has 260 valence electrons. The molecule has 4 heterocycles. The van der Waals surface area contributed by atoms with Crippen molar-refractivity contribution >= 4 is 115 Å². The highest BCUT2D eigenvalue weighted by atomic mass is 32.1. The van der Waals surface area contributed by atoms with Crippen molar-refractivity contribution in [2.75, 3.05) is 0 Å². The zero-order valence-corrected chi connectivity index (χ0v) is 31.3. The van der Waals surface area contributed by atoms with Crippen molar-refractivity contribution < 1.29 is 8.83 Å². The molecule has 5 heteroatoms. The molecule has 0 unspecified atom stereocenters. The molecule has 0 aliphatic rings. The van der Waals surface area contributed by atoms with Crippen LogP contribution in [0.15, 0.2) is 160 Å². The smallest absolute Gasteiger partial charge is 0.136 e. The fourth-order valence-corrected chi connectivity index (χ4v) is 10.6. The molecule has 0 amide bonds. The van der Waals surface area contributed by atoms with Gasteiger partial charge in [-0.3, -0.25) is 4.99 Å². The zero-order chi connectivity index (χ0) is 36.6. The van der Waals surface area contributed by atoms with Crippen LogP contribution in [-0.4, -0.2) is 6.21 Å². The van der Waals surface area contributed by atoms with Gasteiger partial charge >= 0.3 is 0 Å². The number of benzene rings is 7. The van der Waals surface area contributed by atoms with Gasteiger partial charge < -0.3 is 8.83 Å². The van der Waals surface area contributed by atoms with Crippen molar-refractivity contribution in [2.45, 2.75) is 6.54 Å². The van der Waals surface area contributed by atoms with E-state index < -0.39 is 0 Å². The van der Waals surface area contributed by atoms with Gasteiger partial charge in [-0.05, 0) is 75.8 Å². The molecule has 0 aliphatic heterocycles. The number of para-hydroxylation sites is 1. The van der Waals surface area contributed by atoms with E-state index in [4.69, 9.17) is 13.8 Å². The molecule has 11 aromatic rings. The summed E-state index contributed by atoms with van der Waals surface area (Å²) in [6.07, 6.45) is 5.85. The minimum atomic E-state index is 0.546. The van der Waals surface area contributed by atoms with E-state index >= 15 is 0 Å². The lowest BCUT2D eigenvalue weighted by Gasteiger charge is -2.10. The minimum absolute atomic E-state index is 0.546. The Morgan fingerprint density at radius 2 is 1.27 bits per heavy atom. The molecule has 0 atom stereocenters. The second-order valence-corrected chi connectivity index (χ2v) is 16.0. The van der Waals surface area contributed by atoms with Gasteiger partial charge in [0.25, 0.3) is 0 Å². The fraction of sp³-hybridized carbons (Fsp3) is 0.0200. The van der Waals surface area contributed by atoms with Gasteiger partial charge in [0, 0.05) is 68.5 Å². The summed E-state index contributed by atoms with van der Waals surface area (Å²) < 4.78 is 16.4. The first-order valence-electron chi connectivity index (χ1n) is 18.3. The standard InChI is InChI=1S/C50H31NO2S2/c1-3-33-38-20-17-31(26-47(38)54-45(33)4-2)35-22-21-34(49-39-12-6-8-15-46(39)55-50(35)49)30-18-23-42-40(25-30)48-32(10-9-14-43(48)52-42)28-51-27-29-16-19-37-36-11-5-7-13-41(36)53-44(37)24-29/h3-26,28H,1-2,27H2.